The predicted octanol–water partition coefficient (Wildman–Crippen LogP) is 3.93. The van der Waals surface area contributed by atoms with E-state index in [1.807, 2.05) is 42.5 Å². The Morgan fingerprint density at radius 3 is 2.53 bits per heavy atom. The molecule has 1 atom stereocenters. The van der Waals surface area contributed by atoms with Crippen molar-refractivity contribution in [1.82, 2.24) is 10.3 Å². The molecule has 1 N–H and O–H groups in total. The van der Waals surface area contributed by atoms with E-state index < -0.39 is 0 Å². The number of benzene rings is 1. The molecule has 3 nitrogen and oxygen atoms in total. The van der Waals surface area contributed by atoms with Crippen molar-refractivity contribution in [2.75, 3.05) is 6.54 Å². The normalized spacial score (nSPS) is 12.1. The van der Waals surface area contributed by atoms with Crippen LogP contribution in [-0.2, 0) is 0 Å². The van der Waals surface area contributed by atoms with Gasteiger partial charge >= 0.3 is 0 Å². The van der Waals surface area contributed by atoms with Crippen molar-refractivity contribution in [3.05, 3.63) is 54.4 Å². The molecule has 2 aromatic rings. The van der Waals surface area contributed by atoms with Crippen molar-refractivity contribution in [2.45, 2.75) is 26.3 Å². The van der Waals surface area contributed by atoms with Crippen molar-refractivity contribution in [1.29, 1.82) is 0 Å². The molecule has 0 amide bonds. The van der Waals surface area contributed by atoms with Crippen LogP contribution in [-0.4, -0.2) is 11.5 Å². The molecule has 0 radical (unpaired) electrons. The minimum absolute atomic E-state index is 0.269. The average molecular weight is 256 g/mol. The van der Waals surface area contributed by atoms with Gasteiger partial charge in [0.05, 0.1) is 11.9 Å². The molecule has 0 aliphatic carbocycles. The number of pyridine rings is 1. The quantitative estimate of drug-likeness (QED) is 0.850. The van der Waals surface area contributed by atoms with Crippen molar-refractivity contribution in [2.24, 2.45) is 0 Å². The minimum atomic E-state index is 0.269. The van der Waals surface area contributed by atoms with Gasteiger partial charge in [-0.2, -0.15) is 0 Å². The van der Waals surface area contributed by atoms with Crippen LogP contribution in [0.4, 0.5) is 0 Å². The third-order valence-electron chi connectivity index (χ3n) is 2.88. The highest BCUT2D eigenvalue weighted by molar-refractivity contribution is 5.29. The topological polar surface area (TPSA) is 34.1 Å². The summed E-state index contributed by atoms with van der Waals surface area (Å²) in [5.74, 6) is 1.59. The maximum absolute atomic E-state index is 5.71. The summed E-state index contributed by atoms with van der Waals surface area (Å²) in [6.07, 6.45) is 2.89. The monoisotopic (exact) mass is 256 g/mol. The molecule has 1 aromatic carbocycles. The SMILES string of the molecule is CCCNC(C)c1ccc(Oc2ccccc2)cn1. The third-order valence-corrected chi connectivity index (χ3v) is 2.88. The zero-order valence-electron chi connectivity index (χ0n) is 11.5. The van der Waals surface area contributed by atoms with Gasteiger partial charge in [-0.15, -0.1) is 0 Å². The summed E-state index contributed by atoms with van der Waals surface area (Å²) in [6, 6.07) is 14.0. The second-order valence-electron chi connectivity index (χ2n) is 4.51. The highest BCUT2D eigenvalue weighted by Crippen LogP contribution is 2.21. The summed E-state index contributed by atoms with van der Waals surface area (Å²) in [5.41, 5.74) is 1.04. The molecule has 2 rings (SSSR count). The van der Waals surface area contributed by atoms with Gasteiger partial charge in [0.1, 0.15) is 11.5 Å². The molecule has 3 heteroatoms. The fourth-order valence-corrected chi connectivity index (χ4v) is 1.80. The van der Waals surface area contributed by atoms with E-state index in [4.69, 9.17) is 4.74 Å². The van der Waals surface area contributed by atoms with Crippen LogP contribution in [0.25, 0.3) is 0 Å². The Bertz CT molecular complexity index is 482. The molecule has 0 aliphatic heterocycles. The Balaban J connectivity index is 1.98. The molecular formula is C16H20N2O. The maximum Gasteiger partial charge on any atom is 0.145 e. The van der Waals surface area contributed by atoms with Gasteiger partial charge in [0.25, 0.3) is 0 Å². The number of para-hydroxylation sites is 1. The lowest BCUT2D eigenvalue weighted by molar-refractivity contribution is 0.478. The third kappa shape index (κ3) is 4.07. The summed E-state index contributed by atoms with van der Waals surface area (Å²) in [4.78, 5) is 4.44. The standard InChI is InChI=1S/C16H20N2O/c1-3-11-17-13(2)16-10-9-15(12-18-16)19-14-7-5-4-6-8-14/h4-10,12-13,17H,3,11H2,1-2H3. The lowest BCUT2D eigenvalue weighted by Gasteiger charge is -2.13. The van der Waals surface area contributed by atoms with E-state index in [-0.39, 0.29) is 6.04 Å². The Kier molecular flexibility index (Phi) is 4.93. The summed E-state index contributed by atoms with van der Waals surface area (Å²) in [5, 5.41) is 3.41. The fourth-order valence-electron chi connectivity index (χ4n) is 1.80. The number of aromatic nitrogens is 1. The molecule has 0 bridgehead atoms. The molecule has 1 heterocycles. The van der Waals surface area contributed by atoms with Crippen LogP contribution in [0.2, 0.25) is 0 Å². The van der Waals surface area contributed by atoms with Crippen LogP contribution in [0.5, 0.6) is 11.5 Å². The fraction of sp³-hybridized carbons (Fsp3) is 0.312. The zero-order chi connectivity index (χ0) is 13.5. The van der Waals surface area contributed by atoms with Crippen molar-refractivity contribution in [3.8, 4) is 11.5 Å². The highest BCUT2D eigenvalue weighted by atomic mass is 16.5. The number of nitrogens with one attached hydrogen (secondary N) is 1. The second-order valence-corrected chi connectivity index (χ2v) is 4.51. The summed E-state index contributed by atoms with van der Waals surface area (Å²) in [6.45, 7) is 5.28. The van der Waals surface area contributed by atoms with Gasteiger partial charge in [-0.05, 0) is 44.2 Å². The van der Waals surface area contributed by atoms with Gasteiger partial charge in [-0.25, -0.2) is 0 Å². The smallest absolute Gasteiger partial charge is 0.145 e. The molecule has 0 aliphatic rings. The van der Waals surface area contributed by atoms with Crippen LogP contribution in [0.15, 0.2) is 48.7 Å². The number of hydrogen-bond donors (Lipinski definition) is 1. The predicted molar refractivity (Wildman–Crippen MR) is 77.5 cm³/mol. The Morgan fingerprint density at radius 2 is 1.89 bits per heavy atom. The number of ether oxygens (including phenoxy) is 1. The molecule has 0 fully saturated rings. The van der Waals surface area contributed by atoms with Crippen LogP contribution in [0.3, 0.4) is 0 Å². The molecule has 0 spiro atoms. The van der Waals surface area contributed by atoms with Crippen LogP contribution in [0.1, 0.15) is 32.0 Å². The number of rotatable bonds is 6. The average Bonchev–Trinajstić information content (AvgIpc) is 2.46. The Morgan fingerprint density at radius 1 is 1.11 bits per heavy atom. The van der Waals surface area contributed by atoms with Gasteiger partial charge < -0.3 is 10.1 Å². The second kappa shape index (κ2) is 6.90. The molecule has 0 saturated carbocycles. The Hall–Kier alpha value is -1.87. The van der Waals surface area contributed by atoms with E-state index in [1.165, 1.54) is 0 Å². The summed E-state index contributed by atoms with van der Waals surface area (Å²) < 4.78 is 5.71. The zero-order valence-corrected chi connectivity index (χ0v) is 11.5. The van der Waals surface area contributed by atoms with Crippen molar-refractivity contribution in [3.63, 3.8) is 0 Å². The molecular weight excluding hydrogens is 236 g/mol. The summed E-state index contributed by atoms with van der Waals surface area (Å²) in [7, 11) is 0. The van der Waals surface area contributed by atoms with Gasteiger partial charge in [-0.1, -0.05) is 25.1 Å². The lowest BCUT2D eigenvalue weighted by Crippen LogP contribution is -2.20. The van der Waals surface area contributed by atoms with E-state index in [9.17, 15) is 0 Å². The van der Waals surface area contributed by atoms with Crippen LogP contribution >= 0.6 is 0 Å². The molecule has 1 unspecified atom stereocenters. The summed E-state index contributed by atoms with van der Waals surface area (Å²) >= 11 is 0. The Labute approximate surface area is 114 Å². The maximum atomic E-state index is 5.71. The number of nitrogens with zero attached hydrogens (tertiary/aromatic N) is 1. The van der Waals surface area contributed by atoms with Crippen LogP contribution < -0.4 is 10.1 Å². The molecule has 19 heavy (non-hydrogen) atoms. The first kappa shape index (κ1) is 13.6. The van der Waals surface area contributed by atoms with Gasteiger partial charge in [0.2, 0.25) is 0 Å². The lowest BCUT2D eigenvalue weighted by atomic mass is 10.2. The van der Waals surface area contributed by atoms with E-state index >= 15 is 0 Å². The minimum Gasteiger partial charge on any atom is -0.456 e. The first-order valence-electron chi connectivity index (χ1n) is 6.72. The largest absolute Gasteiger partial charge is 0.456 e. The molecule has 100 valence electrons. The van der Waals surface area contributed by atoms with E-state index in [2.05, 4.69) is 24.1 Å². The first-order chi connectivity index (χ1) is 9.29. The van der Waals surface area contributed by atoms with E-state index in [1.54, 1.807) is 6.20 Å². The first-order valence-corrected chi connectivity index (χ1v) is 6.72. The van der Waals surface area contributed by atoms with Crippen LogP contribution in [0, 0.1) is 0 Å². The molecule has 1 aromatic heterocycles. The van der Waals surface area contributed by atoms with Gasteiger partial charge in [0, 0.05) is 6.04 Å². The highest BCUT2D eigenvalue weighted by Gasteiger charge is 2.05. The van der Waals surface area contributed by atoms with Gasteiger partial charge in [-0.3, -0.25) is 4.98 Å². The van der Waals surface area contributed by atoms with Gasteiger partial charge in [0.15, 0.2) is 0 Å². The van der Waals surface area contributed by atoms with Crippen molar-refractivity contribution < 1.29 is 4.74 Å². The molecule has 0 saturated heterocycles. The number of hydrogen-bond acceptors (Lipinski definition) is 3. The van der Waals surface area contributed by atoms with Crippen molar-refractivity contribution >= 4 is 0 Å². The van der Waals surface area contributed by atoms with E-state index in [0.717, 1.165) is 30.2 Å². The van der Waals surface area contributed by atoms with E-state index in [0.29, 0.717) is 0 Å².